The predicted molar refractivity (Wildman–Crippen MR) is 73.0 cm³/mol. The maximum absolute atomic E-state index is 3.52. The Balaban J connectivity index is 1.90. The lowest BCUT2D eigenvalue weighted by Crippen LogP contribution is -2.02. The third kappa shape index (κ3) is 1.34. The summed E-state index contributed by atoms with van der Waals surface area (Å²) in [5, 5.41) is 3.52. The zero-order valence-corrected chi connectivity index (χ0v) is 10.1. The van der Waals surface area contributed by atoms with Crippen LogP contribution >= 0.6 is 11.8 Å². The Morgan fingerprint density at radius 1 is 1.00 bits per heavy atom. The van der Waals surface area contributed by atoms with Gasteiger partial charge in [-0.15, -0.1) is 0 Å². The van der Waals surface area contributed by atoms with Gasteiger partial charge < -0.3 is 5.32 Å². The highest BCUT2D eigenvalue weighted by molar-refractivity contribution is 7.99. The molecule has 2 heteroatoms. The van der Waals surface area contributed by atoms with E-state index in [4.69, 9.17) is 0 Å². The van der Waals surface area contributed by atoms with Gasteiger partial charge in [0.05, 0.1) is 11.4 Å². The summed E-state index contributed by atoms with van der Waals surface area (Å²) in [5.74, 6) is 0. The highest BCUT2D eigenvalue weighted by Gasteiger charge is 2.20. The fraction of sp³-hybridized carbons (Fsp3) is 0.0667. The van der Waals surface area contributed by atoms with Gasteiger partial charge in [0.25, 0.3) is 0 Å². The van der Waals surface area contributed by atoms with E-state index in [1.807, 2.05) is 11.8 Å². The molecule has 2 aromatic carbocycles. The van der Waals surface area contributed by atoms with Crippen LogP contribution in [0.15, 0.2) is 52.3 Å². The van der Waals surface area contributed by atoms with Gasteiger partial charge in [0, 0.05) is 9.79 Å². The van der Waals surface area contributed by atoms with E-state index in [1.165, 1.54) is 32.3 Å². The summed E-state index contributed by atoms with van der Waals surface area (Å²) in [6.45, 7) is 0. The van der Waals surface area contributed by atoms with Gasteiger partial charge in [-0.2, -0.15) is 0 Å². The minimum absolute atomic E-state index is 1.06. The fourth-order valence-electron chi connectivity index (χ4n) is 2.44. The second kappa shape index (κ2) is 3.41. The lowest BCUT2D eigenvalue weighted by Gasteiger charge is -2.22. The van der Waals surface area contributed by atoms with Crippen LogP contribution in [0.2, 0.25) is 0 Å². The fourth-order valence-corrected chi connectivity index (χ4v) is 3.59. The van der Waals surface area contributed by atoms with Crippen LogP contribution < -0.4 is 5.32 Å². The number of fused-ring (bicyclic) bond motifs is 4. The van der Waals surface area contributed by atoms with Crippen molar-refractivity contribution in [2.75, 3.05) is 5.32 Å². The molecule has 0 unspecified atom stereocenters. The first-order chi connectivity index (χ1) is 8.42. The summed E-state index contributed by atoms with van der Waals surface area (Å²) < 4.78 is 0. The van der Waals surface area contributed by atoms with Gasteiger partial charge in [0.15, 0.2) is 0 Å². The van der Waals surface area contributed by atoms with E-state index in [0.717, 1.165) is 6.42 Å². The van der Waals surface area contributed by atoms with Crippen molar-refractivity contribution >= 4 is 29.2 Å². The van der Waals surface area contributed by atoms with Crippen LogP contribution in [0.5, 0.6) is 0 Å². The van der Waals surface area contributed by atoms with Gasteiger partial charge >= 0.3 is 0 Å². The zero-order valence-electron chi connectivity index (χ0n) is 9.23. The second-order valence-corrected chi connectivity index (χ2v) is 5.39. The van der Waals surface area contributed by atoms with E-state index >= 15 is 0 Å². The largest absolute Gasteiger partial charge is 0.354 e. The molecule has 17 heavy (non-hydrogen) atoms. The van der Waals surface area contributed by atoms with Crippen LogP contribution in [0.25, 0.3) is 6.08 Å². The summed E-state index contributed by atoms with van der Waals surface area (Å²) in [6, 6.07) is 12.9. The van der Waals surface area contributed by atoms with E-state index < -0.39 is 0 Å². The van der Waals surface area contributed by atoms with Crippen molar-refractivity contribution in [2.24, 2.45) is 0 Å². The molecule has 0 radical (unpaired) electrons. The van der Waals surface area contributed by atoms with Crippen LogP contribution in [0.3, 0.4) is 0 Å². The molecule has 4 rings (SSSR count). The minimum atomic E-state index is 1.06. The molecule has 0 fully saturated rings. The summed E-state index contributed by atoms with van der Waals surface area (Å²) in [6.07, 6.45) is 5.53. The Kier molecular flexibility index (Phi) is 1.88. The maximum atomic E-state index is 3.52. The molecule has 2 aliphatic rings. The summed E-state index contributed by atoms with van der Waals surface area (Å²) in [7, 11) is 0. The average molecular weight is 237 g/mol. The average Bonchev–Trinajstić information content (AvgIpc) is 2.85. The first-order valence-electron chi connectivity index (χ1n) is 5.78. The van der Waals surface area contributed by atoms with Gasteiger partial charge in [-0.25, -0.2) is 0 Å². The molecule has 0 spiro atoms. The van der Waals surface area contributed by atoms with Crippen LogP contribution in [0.1, 0.15) is 11.1 Å². The molecule has 0 atom stereocenters. The van der Waals surface area contributed by atoms with E-state index in [1.54, 1.807) is 0 Å². The van der Waals surface area contributed by atoms with E-state index in [0.29, 0.717) is 0 Å². The van der Waals surface area contributed by atoms with Crippen molar-refractivity contribution in [2.45, 2.75) is 16.2 Å². The number of hydrogen-bond acceptors (Lipinski definition) is 2. The molecule has 0 saturated heterocycles. The molecule has 0 bridgehead atoms. The van der Waals surface area contributed by atoms with Crippen molar-refractivity contribution in [3.8, 4) is 0 Å². The highest BCUT2D eigenvalue weighted by Crippen LogP contribution is 2.47. The third-order valence-electron chi connectivity index (χ3n) is 3.28. The number of para-hydroxylation sites is 1. The number of anilines is 2. The minimum Gasteiger partial charge on any atom is -0.354 e. The van der Waals surface area contributed by atoms with Crippen LogP contribution in [-0.2, 0) is 6.42 Å². The van der Waals surface area contributed by atoms with Crippen molar-refractivity contribution in [3.05, 3.63) is 53.6 Å². The van der Waals surface area contributed by atoms with E-state index in [2.05, 4.69) is 53.9 Å². The van der Waals surface area contributed by atoms with Crippen molar-refractivity contribution < 1.29 is 0 Å². The number of benzene rings is 2. The maximum Gasteiger partial charge on any atom is 0.0529 e. The number of rotatable bonds is 0. The second-order valence-electron chi connectivity index (χ2n) is 4.34. The Morgan fingerprint density at radius 3 is 2.94 bits per heavy atom. The Bertz CT molecular complexity index is 643. The zero-order chi connectivity index (χ0) is 11.2. The van der Waals surface area contributed by atoms with Crippen LogP contribution in [-0.4, -0.2) is 0 Å². The molecular formula is C15H11NS. The van der Waals surface area contributed by atoms with Crippen molar-refractivity contribution in [1.29, 1.82) is 0 Å². The molecule has 0 amide bonds. The summed E-state index contributed by atoms with van der Waals surface area (Å²) in [4.78, 5) is 2.71. The van der Waals surface area contributed by atoms with Crippen LogP contribution in [0.4, 0.5) is 11.4 Å². The van der Waals surface area contributed by atoms with Crippen molar-refractivity contribution in [1.82, 2.24) is 0 Å². The number of nitrogens with one attached hydrogen (secondary N) is 1. The van der Waals surface area contributed by atoms with Crippen molar-refractivity contribution in [3.63, 3.8) is 0 Å². The van der Waals surface area contributed by atoms with Gasteiger partial charge in [0.2, 0.25) is 0 Å². The predicted octanol–water partition coefficient (Wildman–Crippen LogP) is 4.46. The molecule has 1 aliphatic heterocycles. The van der Waals surface area contributed by atoms with Gasteiger partial charge in [-0.05, 0) is 35.7 Å². The first-order valence-corrected chi connectivity index (χ1v) is 6.60. The van der Waals surface area contributed by atoms with Crippen LogP contribution in [0, 0.1) is 0 Å². The van der Waals surface area contributed by atoms with E-state index in [9.17, 15) is 0 Å². The molecule has 1 aliphatic carbocycles. The van der Waals surface area contributed by atoms with Gasteiger partial charge in [-0.1, -0.05) is 42.1 Å². The number of hydrogen-bond donors (Lipinski definition) is 1. The third-order valence-corrected chi connectivity index (χ3v) is 4.53. The standard InChI is InChI=1S/C15H11NS/c1-2-7-14-12(6-1)16-13-9-8-10-4-3-5-11(10)15(13)17-14/h1-4,6-9,16H,5H2. The highest BCUT2D eigenvalue weighted by atomic mass is 32.2. The molecule has 2 aromatic rings. The topological polar surface area (TPSA) is 12.0 Å². The van der Waals surface area contributed by atoms with Gasteiger partial charge in [-0.3, -0.25) is 0 Å². The molecule has 82 valence electrons. The summed E-state index contributed by atoms with van der Waals surface area (Å²) in [5.41, 5.74) is 5.30. The normalized spacial score (nSPS) is 14.8. The molecule has 1 heterocycles. The Morgan fingerprint density at radius 2 is 1.94 bits per heavy atom. The lowest BCUT2D eigenvalue weighted by molar-refractivity contribution is 1.18. The molecule has 0 aromatic heterocycles. The first kappa shape index (κ1) is 9.37. The van der Waals surface area contributed by atoms with Gasteiger partial charge in [0.1, 0.15) is 0 Å². The quantitative estimate of drug-likeness (QED) is 0.619. The monoisotopic (exact) mass is 237 g/mol. The Labute approximate surface area is 105 Å². The SMILES string of the molecule is C1=Cc2ccc3c(c2C1)Sc1ccccc1N3. The summed E-state index contributed by atoms with van der Waals surface area (Å²) >= 11 is 1.89. The molecular weight excluding hydrogens is 226 g/mol. The smallest absolute Gasteiger partial charge is 0.0529 e. The molecule has 1 N–H and O–H groups in total. The Hall–Kier alpha value is -1.67. The number of allylic oxidation sites excluding steroid dienone is 1. The molecule has 1 nitrogen and oxygen atoms in total. The molecule has 0 saturated carbocycles. The van der Waals surface area contributed by atoms with E-state index in [-0.39, 0.29) is 0 Å². The lowest BCUT2D eigenvalue weighted by atomic mass is 10.1.